The maximum atomic E-state index is 11.0. The van der Waals surface area contributed by atoms with Gasteiger partial charge >= 0.3 is 11.8 Å². The number of rotatable bonds is 0. The second-order valence-corrected chi connectivity index (χ2v) is 4.44. The minimum absolute atomic E-state index is 0.292. The summed E-state index contributed by atoms with van der Waals surface area (Å²) in [5.41, 5.74) is 6.11. The maximum absolute atomic E-state index is 11.0. The van der Waals surface area contributed by atoms with Gasteiger partial charge in [0.1, 0.15) is 5.36 Å². The van der Waals surface area contributed by atoms with Crippen molar-refractivity contribution in [2.24, 2.45) is 9.98 Å². The van der Waals surface area contributed by atoms with Gasteiger partial charge in [0.2, 0.25) is 0 Å². The fourth-order valence-electron chi connectivity index (χ4n) is 1.11. The Balaban J connectivity index is 2.97. The fourth-order valence-corrected chi connectivity index (χ4v) is 2.30. The number of halogens is 2. The Morgan fingerprint density at radius 2 is 1.73 bits per heavy atom. The number of carbonyl (C=O) groups excluding carboxylic acids is 2. The van der Waals surface area contributed by atoms with Crippen molar-refractivity contribution in [3.63, 3.8) is 0 Å². The van der Waals surface area contributed by atoms with E-state index in [-0.39, 0.29) is 0 Å². The smallest absolute Gasteiger partial charge is 0.338 e. The molecule has 0 saturated carbocycles. The lowest BCUT2D eigenvalue weighted by molar-refractivity contribution is -0.135. The van der Waals surface area contributed by atoms with E-state index in [1.165, 1.54) is 0 Å². The number of benzene rings is 1. The number of nitrogens with two attached hydrogens (primary N) is 1. The topological polar surface area (TPSA) is 84.9 Å². The summed E-state index contributed by atoms with van der Waals surface area (Å²) in [4.78, 5) is 29.2. The Morgan fingerprint density at radius 1 is 1.13 bits per heavy atom. The molecule has 76 valence electrons. The Hall–Kier alpha value is -1.08. The zero-order valence-corrected chi connectivity index (χ0v) is 10.3. The van der Waals surface area contributed by atoms with Gasteiger partial charge in [-0.05, 0) is 37.9 Å². The maximum Gasteiger partial charge on any atom is 0.338 e. The van der Waals surface area contributed by atoms with Crippen LogP contribution in [-0.2, 0) is 9.59 Å². The van der Waals surface area contributed by atoms with E-state index in [1.807, 2.05) is 0 Å². The van der Waals surface area contributed by atoms with E-state index in [1.54, 1.807) is 6.07 Å². The molecule has 2 amide bonds. The molecule has 2 rings (SSSR count). The average molecular weight is 333 g/mol. The highest BCUT2D eigenvalue weighted by atomic mass is 79.9. The van der Waals surface area contributed by atoms with E-state index in [9.17, 15) is 9.59 Å². The number of nitrogen functional groups attached to an aromatic ring is 1. The molecule has 1 aliphatic heterocycles. The second-order valence-electron chi connectivity index (χ2n) is 2.79. The number of hydrogen-bond donors (Lipinski definition) is 1. The first-order valence-corrected chi connectivity index (χ1v) is 5.38. The molecular weight excluding hydrogens is 330 g/mol. The lowest BCUT2D eigenvalue weighted by atomic mass is 10.3. The van der Waals surface area contributed by atoms with Gasteiger partial charge in [0.15, 0.2) is 0 Å². The van der Waals surface area contributed by atoms with Crippen LogP contribution in [0, 0.1) is 0 Å². The molecule has 0 unspecified atom stereocenters. The molecule has 0 fully saturated rings. The zero-order valence-electron chi connectivity index (χ0n) is 7.12. The summed E-state index contributed by atoms with van der Waals surface area (Å²) >= 11 is 6.40. The monoisotopic (exact) mass is 331 g/mol. The van der Waals surface area contributed by atoms with Crippen molar-refractivity contribution < 1.29 is 9.59 Å². The predicted molar refractivity (Wildman–Crippen MR) is 58.6 cm³/mol. The van der Waals surface area contributed by atoms with Crippen LogP contribution in [0.25, 0.3) is 0 Å². The van der Waals surface area contributed by atoms with E-state index >= 15 is 0 Å². The first-order chi connectivity index (χ1) is 7.00. The third-order valence-electron chi connectivity index (χ3n) is 1.83. The van der Waals surface area contributed by atoms with Crippen molar-refractivity contribution in [2.45, 2.75) is 0 Å². The molecule has 0 radical (unpaired) electrons. The van der Waals surface area contributed by atoms with Gasteiger partial charge in [-0.25, -0.2) is 9.98 Å². The second kappa shape index (κ2) is 3.49. The fraction of sp³-hybridized carbons (Fsp3) is 0. The minimum atomic E-state index is -0.884. The molecule has 1 aromatic carbocycles. The van der Waals surface area contributed by atoms with Crippen LogP contribution in [0.5, 0.6) is 0 Å². The Labute approximate surface area is 100 Å². The summed E-state index contributed by atoms with van der Waals surface area (Å²) in [5.74, 6) is -1.75. The molecule has 1 aromatic rings. The van der Waals surface area contributed by atoms with Gasteiger partial charge in [-0.1, -0.05) is 0 Å². The standard InChI is InChI=1S/C8H3Br2N3O2/c9-2-1-3-6(4(10)5(2)11)13-8(15)7(14)12-3/h1H,11H2. The summed E-state index contributed by atoms with van der Waals surface area (Å²) in [6, 6.07) is 1.54. The Morgan fingerprint density at radius 3 is 2.40 bits per heavy atom. The Kier molecular flexibility index (Phi) is 2.43. The first-order valence-electron chi connectivity index (χ1n) is 3.80. The summed E-state index contributed by atoms with van der Waals surface area (Å²) in [6.07, 6.45) is 0. The number of nitrogens with zero attached hydrogens (tertiary/aromatic N) is 2. The molecule has 0 saturated heterocycles. The van der Waals surface area contributed by atoms with Gasteiger partial charge in [0.25, 0.3) is 0 Å². The molecule has 2 N–H and O–H groups in total. The molecule has 0 spiro atoms. The molecular formula is C8H3Br2N3O2. The summed E-state index contributed by atoms with van der Waals surface area (Å²) in [5, 5.41) is 0.618. The molecule has 7 heteroatoms. The van der Waals surface area contributed by atoms with Crippen LogP contribution in [0.3, 0.4) is 0 Å². The van der Waals surface area contributed by atoms with Crippen LogP contribution in [0.1, 0.15) is 0 Å². The van der Waals surface area contributed by atoms with E-state index in [0.717, 1.165) is 0 Å². The summed E-state index contributed by atoms with van der Waals surface area (Å²) in [7, 11) is 0. The van der Waals surface area contributed by atoms with Crippen molar-refractivity contribution in [2.75, 3.05) is 5.73 Å². The van der Waals surface area contributed by atoms with Crippen molar-refractivity contribution in [1.29, 1.82) is 0 Å². The highest BCUT2D eigenvalue weighted by Gasteiger charge is 2.18. The largest absolute Gasteiger partial charge is 0.397 e. The van der Waals surface area contributed by atoms with Crippen molar-refractivity contribution >= 4 is 49.4 Å². The highest BCUT2D eigenvalue weighted by Crippen LogP contribution is 2.22. The van der Waals surface area contributed by atoms with Gasteiger partial charge in [-0.15, -0.1) is 0 Å². The van der Waals surface area contributed by atoms with Gasteiger partial charge in [-0.3, -0.25) is 9.59 Å². The lowest BCUT2D eigenvalue weighted by Crippen LogP contribution is -2.36. The number of amides is 2. The van der Waals surface area contributed by atoms with Crippen LogP contribution < -0.4 is 16.4 Å². The molecule has 0 aliphatic carbocycles. The van der Waals surface area contributed by atoms with Crippen LogP contribution in [0.15, 0.2) is 25.0 Å². The summed E-state index contributed by atoms with van der Waals surface area (Å²) in [6.45, 7) is 0. The van der Waals surface area contributed by atoms with E-state index in [4.69, 9.17) is 5.73 Å². The quantitative estimate of drug-likeness (QED) is 0.540. The molecule has 1 aliphatic rings. The van der Waals surface area contributed by atoms with E-state index in [0.29, 0.717) is 25.3 Å². The molecule has 15 heavy (non-hydrogen) atoms. The molecule has 0 aromatic heterocycles. The van der Waals surface area contributed by atoms with Crippen LogP contribution >= 0.6 is 31.9 Å². The third kappa shape index (κ3) is 1.61. The van der Waals surface area contributed by atoms with Gasteiger partial charge in [0, 0.05) is 4.47 Å². The van der Waals surface area contributed by atoms with Gasteiger partial charge < -0.3 is 5.73 Å². The Bertz CT molecular complexity index is 609. The molecule has 1 heterocycles. The number of carbonyl (C=O) groups is 2. The minimum Gasteiger partial charge on any atom is -0.397 e. The molecule has 0 bridgehead atoms. The lowest BCUT2D eigenvalue weighted by Gasteiger charge is -2.04. The average Bonchev–Trinajstić information content (AvgIpc) is 2.19. The van der Waals surface area contributed by atoms with Gasteiger partial charge in [0.05, 0.1) is 15.5 Å². The van der Waals surface area contributed by atoms with E-state index in [2.05, 4.69) is 41.8 Å². The summed E-state index contributed by atoms with van der Waals surface area (Å²) < 4.78 is 1.05. The SMILES string of the molecule is Nc1c(Br)cc2c(c1Br)=NC(=O)C(=O)N=2. The van der Waals surface area contributed by atoms with Gasteiger partial charge in [-0.2, -0.15) is 0 Å². The van der Waals surface area contributed by atoms with Crippen LogP contribution in [0.2, 0.25) is 0 Å². The van der Waals surface area contributed by atoms with Crippen LogP contribution in [0.4, 0.5) is 5.69 Å². The number of hydrogen-bond acceptors (Lipinski definition) is 3. The number of fused-ring (bicyclic) bond motifs is 1. The molecule has 5 nitrogen and oxygen atoms in total. The van der Waals surface area contributed by atoms with E-state index < -0.39 is 11.8 Å². The van der Waals surface area contributed by atoms with Crippen molar-refractivity contribution in [3.8, 4) is 0 Å². The zero-order chi connectivity index (χ0) is 11.2. The van der Waals surface area contributed by atoms with Crippen LogP contribution in [-0.4, -0.2) is 11.8 Å². The number of anilines is 1. The molecule has 0 atom stereocenters. The third-order valence-corrected chi connectivity index (χ3v) is 3.28. The predicted octanol–water partition coefficient (Wildman–Crippen LogP) is 0.0998. The normalized spacial score (nSPS) is 14.3. The first kappa shape index (κ1) is 10.4. The highest BCUT2D eigenvalue weighted by molar-refractivity contribution is 9.11. The van der Waals surface area contributed by atoms with Crippen molar-refractivity contribution in [3.05, 3.63) is 25.7 Å². The van der Waals surface area contributed by atoms with Crippen molar-refractivity contribution in [1.82, 2.24) is 0 Å².